The van der Waals surface area contributed by atoms with Crippen molar-refractivity contribution < 1.29 is 14.3 Å². The molecule has 0 fully saturated rings. The number of carbonyl (C=O) groups excluding carboxylic acids is 1. The van der Waals surface area contributed by atoms with E-state index in [4.69, 9.17) is 4.42 Å². The standard InChI is InChI=1S/C12H19NO3/c1-3-9(14)5-7-13-12(15)10-6-8-16-11(10)4-2/h6,8-9,14H,3-5,7H2,1-2H3,(H,13,15). The first-order valence-electron chi connectivity index (χ1n) is 5.71. The Hall–Kier alpha value is -1.29. The van der Waals surface area contributed by atoms with Crippen LogP contribution in [-0.2, 0) is 6.42 Å². The lowest BCUT2D eigenvalue weighted by atomic mass is 10.2. The van der Waals surface area contributed by atoms with E-state index in [2.05, 4.69) is 5.32 Å². The summed E-state index contributed by atoms with van der Waals surface area (Å²) in [5.74, 6) is 0.572. The molecular formula is C12H19NO3. The Balaban J connectivity index is 2.41. The van der Waals surface area contributed by atoms with Gasteiger partial charge in [0, 0.05) is 13.0 Å². The minimum absolute atomic E-state index is 0.131. The summed E-state index contributed by atoms with van der Waals surface area (Å²) in [5.41, 5.74) is 0.591. The van der Waals surface area contributed by atoms with Gasteiger partial charge >= 0.3 is 0 Å². The van der Waals surface area contributed by atoms with Crippen LogP contribution < -0.4 is 5.32 Å². The summed E-state index contributed by atoms with van der Waals surface area (Å²) >= 11 is 0. The molecule has 0 saturated carbocycles. The van der Waals surface area contributed by atoms with Crippen LogP contribution in [0.5, 0.6) is 0 Å². The topological polar surface area (TPSA) is 62.5 Å². The van der Waals surface area contributed by atoms with Crippen LogP contribution in [0, 0.1) is 0 Å². The van der Waals surface area contributed by atoms with Crippen molar-refractivity contribution in [3.8, 4) is 0 Å². The third-order valence-corrected chi connectivity index (χ3v) is 2.55. The van der Waals surface area contributed by atoms with Crippen molar-refractivity contribution >= 4 is 5.91 Å². The lowest BCUT2D eigenvalue weighted by molar-refractivity contribution is 0.0940. The van der Waals surface area contributed by atoms with Crippen molar-refractivity contribution in [3.05, 3.63) is 23.7 Å². The van der Waals surface area contributed by atoms with Gasteiger partial charge in [0.15, 0.2) is 0 Å². The monoisotopic (exact) mass is 225 g/mol. The van der Waals surface area contributed by atoms with Gasteiger partial charge in [-0.1, -0.05) is 13.8 Å². The number of aliphatic hydroxyl groups is 1. The predicted molar refractivity (Wildman–Crippen MR) is 61.3 cm³/mol. The van der Waals surface area contributed by atoms with Gasteiger partial charge in [-0.3, -0.25) is 4.79 Å². The largest absolute Gasteiger partial charge is 0.469 e. The third-order valence-electron chi connectivity index (χ3n) is 2.55. The van der Waals surface area contributed by atoms with Crippen LogP contribution in [0.4, 0.5) is 0 Å². The highest BCUT2D eigenvalue weighted by atomic mass is 16.3. The molecule has 1 amide bonds. The first-order valence-corrected chi connectivity index (χ1v) is 5.71. The Kier molecular flexibility index (Phi) is 5.05. The fourth-order valence-electron chi connectivity index (χ4n) is 1.47. The number of aliphatic hydroxyl groups excluding tert-OH is 1. The first-order chi connectivity index (χ1) is 7.69. The molecule has 1 aromatic rings. The van der Waals surface area contributed by atoms with Gasteiger partial charge in [-0.25, -0.2) is 0 Å². The van der Waals surface area contributed by atoms with E-state index in [0.29, 0.717) is 37.1 Å². The molecule has 4 nitrogen and oxygen atoms in total. The lowest BCUT2D eigenvalue weighted by Crippen LogP contribution is -2.27. The Bertz CT molecular complexity index is 333. The molecule has 0 spiro atoms. The van der Waals surface area contributed by atoms with Crippen LogP contribution in [-0.4, -0.2) is 23.7 Å². The van der Waals surface area contributed by atoms with E-state index in [9.17, 15) is 9.90 Å². The summed E-state index contributed by atoms with van der Waals surface area (Å²) in [4.78, 5) is 11.7. The van der Waals surface area contributed by atoms with E-state index < -0.39 is 0 Å². The van der Waals surface area contributed by atoms with Crippen LogP contribution >= 0.6 is 0 Å². The van der Waals surface area contributed by atoms with Crippen molar-refractivity contribution in [3.63, 3.8) is 0 Å². The highest BCUT2D eigenvalue weighted by Crippen LogP contribution is 2.10. The van der Waals surface area contributed by atoms with E-state index in [1.165, 1.54) is 6.26 Å². The number of rotatable bonds is 6. The second-order valence-electron chi connectivity index (χ2n) is 3.72. The van der Waals surface area contributed by atoms with E-state index in [1.807, 2.05) is 13.8 Å². The average Bonchev–Trinajstić information content (AvgIpc) is 2.76. The van der Waals surface area contributed by atoms with Crippen molar-refractivity contribution in [1.82, 2.24) is 5.32 Å². The Labute approximate surface area is 95.7 Å². The molecule has 1 unspecified atom stereocenters. The van der Waals surface area contributed by atoms with Gasteiger partial charge in [-0.15, -0.1) is 0 Å². The van der Waals surface area contributed by atoms with Gasteiger partial charge in [-0.2, -0.15) is 0 Å². The maximum absolute atomic E-state index is 11.7. The van der Waals surface area contributed by atoms with Gasteiger partial charge in [0.05, 0.1) is 17.9 Å². The van der Waals surface area contributed by atoms with Crippen molar-refractivity contribution in [2.75, 3.05) is 6.54 Å². The molecule has 0 aromatic carbocycles. The summed E-state index contributed by atoms with van der Waals surface area (Å²) < 4.78 is 5.17. The second-order valence-corrected chi connectivity index (χ2v) is 3.72. The number of nitrogens with one attached hydrogen (secondary N) is 1. The minimum atomic E-state index is -0.338. The summed E-state index contributed by atoms with van der Waals surface area (Å²) in [7, 11) is 0. The van der Waals surface area contributed by atoms with Gasteiger partial charge in [-0.05, 0) is 18.9 Å². The van der Waals surface area contributed by atoms with Crippen LogP contribution in [0.2, 0.25) is 0 Å². The van der Waals surface area contributed by atoms with E-state index >= 15 is 0 Å². The molecule has 1 aromatic heterocycles. The first kappa shape index (κ1) is 12.8. The molecule has 0 radical (unpaired) electrons. The number of carbonyl (C=O) groups is 1. The van der Waals surface area contributed by atoms with Crippen molar-refractivity contribution in [2.24, 2.45) is 0 Å². The quantitative estimate of drug-likeness (QED) is 0.775. The normalized spacial score (nSPS) is 12.4. The Morgan fingerprint density at radius 2 is 2.31 bits per heavy atom. The lowest BCUT2D eigenvalue weighted by Gasteiger charge is -2.08. The molecule has 1 rings (SSSR count). The fourth-order valence-corrected chi connectivity index (χ4v) is 1.47. The SMILES string of the molecule is CCc1occc1C(=O)NCCC(O)CC. The van der Waals surface area contributed by atoms with Gasteiger partial charge in [0.25, 0.3) is 5.91 Å². The second kappa shape index (κ2) is 6.33. The maximum atomic E-state index is 11.7. The van der Waals surface area contributed by atoms with Gasteiger partial charge < -0.3 is 14.8 Å². The summed E-state index contributed by atoms with van der Waals surface area (Å²) in [6.07, 6.45) is 3.18. The predicted octanol–water partition coefficient (Wildman–Crippen LogP) is 1.73. The summed E-state index contributed by atoms with van der Waals surface area (Å²) in [5, 5.41) is 12.1. The number of furan rings is 1. The number of aryl methyl sites for hydroxylation is 1. The molecule has 16 heavy (non-hydrogen) atoms. The molecular weight excluding hydrogens is 206 g/mol. The fraction of sp³-hybridized carbons (Fsp3) is 0.583. The van der Waals surface area contributed by atoms with Gasteiger partial charge in [0.1, 0.15) is 5.76 Å². The highest BCUT2D eigenvalue weighted by Gasteiger charge is 2.12. The number of amides is 1. The Morgan fingerprint density at radius 1 is 1.56 bits per heavy atom. The summed E-state index contributed by atoms with van der Waals surface area (Å²) in [6.45, 7) is 4.34. The van der Waals surface area contributed by atoms with E-state index in [0.717, 1.165) is 0 Å². The van der Waals surface area contributed by atoms with Crippen LogP contribution in [0.25, 0.3) is 0 Å². The molecule has 90 valence electrons. The number of hydrogen-bond donors (Lipinski definition) is 2. The van der Waals surface area contributed by atoms with E-state index in [-0.39, 0.29) is 12.0 Å². The average molecular weight is 225 g/mol. The molecule has 2 N–H and O–H groups in total. The van der Waals surface area contributed by atoms with Crippen LogP contribution in [0.3, 0.4) is 0 Å². The van der Waals surface area contributed by atoms with Crippen LogP contribution in [0.1, 0.15) is 42.8 Å². The molecule has 4 heteroatoms. The molecule has 0 bridgehead atoms. The van der Waals surface area contributed by atoms with Crippen molar-refractivity contribution in [1.29, 1.82) is 0 Å². The number of hydrogen-bond acceptors (Lipinski definition) is 3. The maximum Gasteiger partial charge on any atom is 0.254 e. The molecule has 0 aliphatic carbocycles. The van der Waals surface area contributed by atoms with Crippen LogP contribution in [0.15, 0.2) is 16.7 Å². The zero-order valence-corrected chi connectivity index (χ0v) is 9.82. The van der Waals surface area contributed by atoms with E-state index in [1.54, 1.807) is 6.07 Å². The molecule has 1 heterocycles. The smallest absolute Gasteiger partial charge is 0.254 e. The zero-order chi connectivity index (χ0) is 12.0. The molecule has 0 aliphatic heterocycles. The van der Waals surface area contributed by atoms with Gasteiger partial charge in [0.2, 0.25) is 0 Å². The Morgan fingerprint density at radius 3 is 2.94 bits per heavy atom. The molecule has 0 saturated heterocycles. The summed E-state index contributed by atoms with van der Waals surface area (Å²) in [6, 6.07) is 1.67. The minimum Gasteiger partial charge on any atom is -0.469 e. The molecule has 1 atom stereocenters. The molecule has 0 aliphatic rings. The van der Waals surface area contributed by atoms with Crippen molar-refractivity contribution in [2.45, 2.75) is 39.2 Å². The third kappa shape index (κ3) is 3.38. The highest BCUT2D eigenvalue weighted by molar-refractivity contribution is 5.95. The zero-order valence-electron chi connectivity index (χ0n) is 9.82.